The van der Waals surface area contributed by atoms with Crippen molar-refractivity contribution < 1.29 is 0 Å². The lowest BCUT2D eigenvalue weighted by Gasteiger charge is -1.99. The first-order valence-electron chi connectivity index (χ1n) is 4.47. The standard InChI is InChI=1S/C12H10N2/c1-2-4-9-5-3-6-11-12(9)10(7-13)8-14-11/h2-3,5-6,8,14H,1,4H2. The molecule has 2 rings (SSSR count). The maximum absolute atomic E-state index is 8.92. The molecule has 0 saturated carbocycles. The summed E-state index contributed by atoms with van der Waals surface area (Å²) in [6.45, 7) is 3.71. The lowest BCUT2D eigenvalue weighted by Crippen LogP contribution is -1.83. The Kier molecular flexibility index (Phi) is 2.08. The summed E-state index contributed by atoms with van der Waals surface area (Å²) in [5, 5.41) is 9.94. The van der Waals surface area contributed by atoms with Gasteiger partial charge in [-0.05, 0) is 18.1 Å². The van der Waals surface area contributed by atoms with Crippen LogP contribution >= 0.6 is 0 Å². The second-order valence-electron chi connectivity index (χ2n) is 3.15. The number of aromatic amines is 1. The number of hydrogen-bond donors (Lipinski definition) is 1. The summed E-state index contributed by atoms with van der Waals surface area (Å²) < 4.78 is 0. The highest BCUT2D eigenvalue weighted by Gasteiger charge is 2.06. The van der Waals surface area contributed by atoms with Gasteiger partial charge in [-0.3, -0.25) is 0 Å². The molecule has 0 unspecified atom stereocenters. The van der Waals surface area contributed by atoms with Gasteiger partial charge in [0.25, 0.3) is 0 Å². The Labute approximate surface area is 82.5 Å². The molecule has 2 aromatic rings. The Morgan fingerprint density at radius 3 is 3.07 bits per heavy atom. The third kappa shape index (κ3) is 1.20. The van der Waals surface area contributed by atoms with Crippen LogP contribution in [0.5, 0.6) is 0 Å². The largest absolute Gasteiger partial charge is 0.360 e. The summed E-state index contributed by atoms with van der Waals surface area (Å²) in [6, 6.07) is 8.17. The molecule has 0 amide bonds. The van der Waals surface area contributed by atoms with E-state index >= 15 is 0 Å². The molecule has 0 saturated heterocycles. The molecule has 2 nitrogen and oxygen atoms in total. The molecule has 1 N–H and O–H groups in total. The summed E-state index contributed by atoms with van der Waals surface area (Å²) in [5.41, 5.74) is 2.87. The minimum absolute atomic E-state index is 0.706. The van der Waals surface area contributed by atoms with Gasteiger partial charge in [0.05, 0.1) is 5.56 Å². The SMILES string of the molecule is C=CCc1cccc2[nH]cc(C#N)c12. The van der Waals surface area contributed by atoms with Crippen molar-refractivity contribution in [3.05, 3.63) is 48.2 Å². The first kappa shape index (κ1) is 8.58. The predicted octanol–water partition coefficient (Wildman–Crippen LogP) is 2.77. The fourth-order valence-corrected chi connectivity index (χ4v) is 1.67. The van der Waals surface area contributed by atoms with Crippen LogP contribution in [-0.4, -0.2) is 4.98 Å². The van der Waals surface area contributed by atoms with Gasteiger partial charge in [0.1, 0.15) is 6.07 Å². The fourth-order valence-electron chi connectivity index (χ4n) is 1.67. The van der Waals surface area contributed by atoms with Gasteiger partial charge in [0, 0.05) is 17.1 Å². The molecule has 1 aromatic carbocycles. The van der Waals surface area contributed by atoms with Crippen LogP contribution < -0.4 is 0 Å². The topological polar surface area (TPSA) is 39.6 Å². The van der Waals surface area contributed by atoms with E-state index in [1.165, 1.54) is 0 Å². The van der Waals surface area contributed by atoms with Crippen molar-refractivity contribution in [1.82, 2.24) is 4.98 Å². The van der Waals surface area contributed by atoms with E-state index in [2.05, 4.69) is 17.6 Å². The zero-order valence-electron chi connectivity index (χ0n) is 7.75. The van der Waals surface area contributed by atoms with Crippen LogP contribution in [0.15, 0.2) is 37.1 Å². The monoisotopic (exact) mass is 182 g/mol. The number of H-pyrrole nitrogens is 1. The molecule has 0 bridgehead atoms. The lowest BCUT2D eigenvalue weighted by atomic mass is 10.0. The summed E-state index contributed by atoms with van der Waals surface area (Å²) >= 11 is 0. The molecular weight excluding hydrogens is 172 g/mol. The molecule has 68 valence electrons. The lowest BCUT2D eigenvalue weighted by molar-refractivity contribution is 1.31. The van der Waals surface area contributed by atoms with Crippen LogP contribution in [0.25, 0.3) is 10.9 Å². The number of nitriles is 1. The number of benzene rings is 1. The summed E-state index contributed by atoms with van der Waals surface area (Å²) in [6.07, 6.45) is 4.39. The molecule has 2 heteroatoms. The average Bonchev–Trinajstić information content (AvgIpc) is 2.62. The molecule has 0 fully saturated rings. The molecule has 0 atom stereocenters. The number of fused-ring (bicyclic) bond motifs is 1. The van der Waals surface area contributed by atoms with E-state index in [-0.39, 0.29) is 0 Å². The zero-order chi connectivity index (χ0) is 9.97. The highest BCUT2D eigenvalue weighted by Crippen LogP contribution is 2.22. The van der Waals surface area contributed by atoms with E-state index < -0.39 is 0 Å². The molecule has 0 aliphatic rings. The van der Waals surface area contributed by atoms with Crippen molar-refractivity contribution in [3.63, 3.8) is 0 Å². The van der Waals surface area contributed by atoms with Gasteiger partial charge in [-0.1, -0.05) is 18.2 Å². The van der Waals surface area contributed by atoms with Crippen LogP contribution in [0.4, 0.5) is 0 Å². The number of hydrogen-bond acceptors (Lipinski definition) is 1. The van der Waals surface area contributed by atoms with E-state index in [1.54, 1.807) is 6.20 Å². The Hall–Kier alpha value is -2.01. The van der Waals surface area contributed by atoms with Gasteiger partial charge in [-0.15, -0.1) is 6.58 Å². The van der Waals surface area contributed by atoms with Crippen LogP contribution in [-0.2, 0) is 6.42 Å². The number of rotatable bonds is 2. The molecule has 0 aliphatic carbocycles. The normalized spacial score (nSPS) is 9.93. The van der Waals surface area contributed by atoms with E-state index in [9.17, 15) is 0 Å². The fraction of sp³-hybridized carbons (Fsp3) is 0.0833. The Balaban J connectivity index is 2.76. The second-order valence-corrected chi connectivity index (χ2v) is 3.15. The maximum Gasteiger partial charge on any atom is 0.101 e. The van der Waals surface area contributed by atoms with Gasteiger partial charge < -0.3 is 4.98 Å². The smallest absolute Gasteiger partial charge is 0.101 e. The van der Waals surface area contributed by atoms with Gasteiger partial charge >= 0.3 is 0 Å². The van der Waals surface area contributed by atoms with Crippen molar-refractivity contribution in [1.29, 1.82) is 5.26 Å². The first-order valence-corrected chi connectivity index (χ1v) is 4.47. The molecule has 1 aromatic heterocycles. The van der Waals surface area contributed by atoms with Gasteiger partial charge in [0.2, 0.25) is 0 Å². The maximum atomic E-state index is 8.92. The number of nitrogens with one attached hydrogen (secondary N) is 1. The van der Waals surface area contributed by atoms with Gasteiger partial charge in [-0.25, -0.2) is 0 Å². The minimum atomic E-state index is 0.706. The highest BCUT2D eigenvalue weighted by molar-refractivity contribution is 5.88. The first-order chi connectivity index (χ1) is 6.86. The molecule has 14 heavy (non-hydrogen) atoms. The average molecular weight is 182 g/mol. The van der Waals surface area contributed by atoms with Crippen LogP contribution in [0, 0.1) is 11.3 Å². The van der Waals surface area contributed by atoms with E-state index in [4.69, 9.17) is 5.26 Å². The van der Waals surface area contributed by atoms with Crippen LogP contribution in [0.1, 0.15) is 11.1 Å². The van der Waals surface area contributed by atoms with Crippen LogP contribution in [0.2, 0.25) is 0 Å². The number of allylic oxidation sites excluding steroid dienone is 1. The van der Waals surface area contributed by atoms with Crippen molar-refractivity contribution in [2.45, 2.75) is 6.42 Å². The summed E-state index contributed by atoms with van der Waals surface area (Å²) in [7, 11) is 0. The van der Waals surface area contributed by atoms with Crippen molar-refractivity contribution in [2.75, 3.05) is 0 Å². The van der Waals surface area contributed by atoms with E-state index in [1.807, 2.05) is 24.3 Å². The van der Waals surface area contributed by atoms with Crippen molar-refractivity contribution in [3.8, 4) is 6.07 Å². The molecule has 0 spiro atoms. The Morgan fingerprint density at radius 2 is 2.36 bits per heavy atom. The third-order valence-electron chi connectivity index (χ3n) is 2.28. The molecule has 0 radical (unpaired) electrons. The van der Waals surface area contributed by atoms with Gasteiger partial charge in [0.15, 0.2) is 0 Å². The van der Waals surface area contributed by atoms with Crippen LogP contribution in [0.3, 0.4) is 0 Å². The quantitative estimate of drug-likeness (QED) is 0.712. The Morgan fingerprint density at radius 1 is 1.50 bits per heavy atom. The molecule has 0 aliphatic heterocycles. The van der Waals surface area contributed by atoms with Gasteiger partial charge in [-0.2, -0.15) is 5.26 Å². The van der Waals surface area contributed by atoms with Crippen molar-refractivity contribution >= 4 is 10.9 Å². The third-order valence-corrected chi connectivity index (χ3v) is 2.28. The van der Waals surface area contributed by atoms with Crippen molar-refractivity contribution in [2.24, 2.45) is 0 Å². The number of nitrogens with zero attached hydrogens (tertiary/aromatic N) is 1. The number of aromatic nitrogens is 1. The molecular formula is C12H10N2. The Bertz CT molecular complexity index is 515. The highest BCUT2D eigenvalue weighted by atomic mass is 14.7. The van der Waals surface area contributed by atoms with E-state index in [0.717, 1.165) is 22.9 Å². The van der Waals surface area contributed by atoms with E-state index in [0.29, 0.717) is 5.56 Å². The second kappa shape index (κ2) is 3.39. The summed E-state index contributed by atoms with van der Waals surface area (Å²) in [5.74, 6) is 0. The molecule has 1 heterocycles. The zero-order valence-corrected chi connectivity index (χ0v) is 7.75. The minimum Gasteiger partial charge on any atom is -0.360 e. The summed E-state index contributed by atoms with van der Waals surface area (Å²) in [4.78, 5) is 3.08. The predicted molar refractivity (Wildman–Crippen MR) is 56.9 cm³/mol.